The molecule has 1 aromatic heterocycles. The Morgan fingerprint density at radius 1 is 1.47 bits per heavy atom. The van der Waals surface area contributed by atoms with Gasteiger partial charge in [-0.3, -0.25) is 0 Å². The summed E-state index contributed by atoms with van der Waals surface area (Å²) in [6.07, 6.45) is 1.24. The highest BCUT2D eigenvalue weighted by Gasteiger charge is 2.31. The van der Waals surface area contributed by atoms with Crippen molar-refractivity contribution < 1.29 is 0 Å². The van der Waals surface area contributed by atoms with E-state index in [1.54, 1.807) is 0 Å². The van der Waals surface area contributed by atoms with Crippen LogP contribution in [0.2, 0.25) is 0 Å². The first-order valence-corrected chi connectivity index (χ1v) is 6.47. The van der Waals surface area contributed by atoms with Crippen molar-refractivity contribution in [1.29, 1.82) is 0 Å². The Kier molecular flexibility index (Phi) is 3.24. The van der Waals surface area contributed by atoms with Crippen LogP contribution in [0.1, 0.15) is 19.0 Å². The second-order valence-electron chi connectivity index (χ2n) is 4.21. The molecule has 1 aliphatic heterocycles. The monoisotopic (exact) mass is 269 g/mol. The molecular weight excluding hydrogens is 254 g/mol. The van der Waals surface area contributed by atoms with E-state index in [1.807, 2.05) is 13.0 Å². The quantitative estimate of drug-likeness (QED) is 0.773. The molecule has 1 fully saturated rings. The lowest BCUT2D eigenvalue weighted by Gasteiger charge is -2.25. The van der Waals surface area contributed by atoms with E-state index in [9.17, 15) is 0 Å². The van der Waals surface area contributed by atoms with Crippen LogP contribution in [0.3, 0.4) is 0 Å². The van der Waals surface area contributed by atoms with Crippen LogP contribution in [0.4, 0.5) is 5.82 Å². The third-order valence-corrected chi connectivity index (χ3v) is 3.78. The minimum absolute atomic E-state index is 0.557. The smallest absolute Gasteiger partial charge is 0.151 e. The van der Waals surface area contributed by atoms with Crippen molar-refractivity contribution >= 4 is 21.7 Å². The van der Waals surface area contributed by atoms with Gasteiger partial charge in [0.15, 0.2) is 5.82 Å². The summed E-state index contributed by atoms with van der Waals surface area (Å²) in [5.41, 5.74) is 0.974. The van der Waals surface area contributed by atoms with Crippen molar-refractivity contribution in [2.45, 2.75) is 26.3 Å². The molecule has 2 heterocycles. The fourth-order valence-corrected chi connectivity index (χ4v) is 3.06. The Morgan fingerprint density at radius 2 is 2.27 bits per heavy atom. The van der Waals surface area contributed by atoms with E-state index in [0.29, 0.717) is 6.04 Å². The second kappa shape index (κ2) is 4.47. The van der Waals surface area contributed by atoms with E-state index in [-0.39, 0.29) is 0 Å². The van der Waals surface area contributed by atoms with Gasteiger partial charge in [-0.05, 0) is 31.4 Å². The van der Waals surface area contributed by atoms with Gasteiger partial charge < -0.3 is 4.90 Å². The maximum absolute atomic E-state index is 4.25. The van der Waals surface area contributed by atoms with Crippen LogP contribution in [0.25, 0.3) is 0 Å². The van der Waals surface area contributed by atoms with Gasteiger partial charge in [0.05, 0.1) is 5.69 Å². The second-order valence-corrected chi connectivity index (χ2v) is 4.86. The summed E-state index contributed by atoms with van der Waals surface area (Å²) in [6, 6.07) is 4.65. The van der Waals surface area contributed by atoms with E-state index >= 15 is 0 Å². The molecule has 0 amide bonds. The van der Waals surface area contributed by atoms with Crippen LogP contribution < -0.4 is 4.90 Å². The van der Waals surface area contributed by atoms with Crippen LogP contribution in [-0.2, 0) is 0 Å². The number of alkyl halides is 1. The molecule has 0 N–H and O–H groups in total. The Morgan fingerprint density at radius 3 is 2.87 bits per heavy atom. The molecule has 0 bridgehead atoms. The SMILES string of the molecule is Cc1ccc(N2CCC(C)C2CBr)nn1. The predicted octanol–water partition coefficient (Wildman–Crippen LogP) is 2.39. The number of aryl methyl sites for hydroxylation is 1. The first kappa shape index (κ1) is 10.9. The summed E-state index contributed by atoms with van der Waals surface area (Å²) in [5.74, 6) is 1.74. The molecule has 1 aromatic rings. The van der Waals surface area contributed by atoms with Crippen molar-refractivity contribution in [3.63, 3.8) is 0 Å². The number of anilines is 1. The van der Waals surface area contributed by atoms with Crippen LogP contribution in [0.5, 0.6) is 0 Å². The van der Waals surface area contributed by atoms with Gasteiger partial charge in [0.1, 0.15) is 0 Å². The van der Waals surface area contributed by atoms with Gasteiger partial charge >= 0.3 is 0 Å². The zero-order valence-electron chi connectivity index (χ0n) is 9.15. The molecule has 15 heavy (non-hydrogen) atoms. The maximum atomic E-state index is 4.25. The predicted molar refractivity (Wildman–Crippen MR) is 65.5 cm³/mol. The zero-order valence-corrected chi connectivity index (χ0v) is 10.7. The molecule has 3 nitrogen and oxygen atoms in total. The molecule has 0 radical (unpaired) electrons. The third kappa shape index (κ3) is 2.14. The van der Waals surface area contributed by atoms with E-state index in [0.717, 1.165) is 29.3 Å². The summed E-state index contributed by atoms with van der Waals surface area (Å²) in [7, 11) is 0. The van der Waals surface area contributed by atoms with Crippen LogP contribution in [0, 0.1) is 12.8 Å². The van der Waals surface area contributed by atoms with Crippen LogP contribution in [0.15, 0.2) is 12.1 Å². The van der Waals surface area contributed by atoms with E-state index in [4.69, 9.17) is 0 Å². The fourth-order valence-electron chi connectivity index (χ4n) is 2.07. The van der Waals surface area contributed by atoms with Gasteiger partial charge in [0.2, 0.25) is 0 Å². The Hall–Kier alpha value is -0.640. The third-order valence-electron chi connectivity index (χ3n) is 3.12. The van der Waals surface area contributed by atoms with Gasteiger partial charge in [0, 0.05) is 17.9 Å². The van der Waals surface area contributed by atoms with Gasteiger partial charge in [-0.15, -0.1) is 5.10 Å². The number of nitrogens with zero attached hydrogens (tertiary/aromatic N) is 3. The lowest BCUT2D eigenvalue weighted by molar-refractivity contribution is 0.552. The van der Waals surface area contributed by atoms with E-state index < -0.39 is 0 Å². The molecular formula is C11H16BrN3. The van der Waals surface area contributed by atoms with Crippen molar-refractivity contribution in [3.05, 3.63) is 17.8 Å². The normalized spacial score (nSPS) is 25.9. The molecule has 0 saturated carbocycles. The zero-order chi connectivity index (χ0) is 10.8. The van der Waals surface area contributed by atoms with Gasteiger partial charge in [-0.2, -0.15) is 5.10 Å². The highest BCUT2D eigenvalue weighted by molar-refractivity contribution is 9.09. The summed E-state index contributed by atoms with van der Waals surface area (Å²) in [6.45, 7) is 5.36. The first-order chi connectivity index (χ1) is 7.22. The Bertz CT molecular complexity index is 325. The summed E-state index contributed by atoms with van der Waals surface area (Å²) >= 11 is 3.58. The number of aromatic nitrogens is 2. The minimum Gasteiger partial charge on any atom is -0.351 e. The molecule has 2 atom stereocenters. The lowest BCUT2D eigenvalue weighted by Crippen LogP contribution is -2.34. The Labute approximate surface area is 99.0 Å². The van der Waals surface area contributed by atoms with Crippen molar-refractivity contribution in [2.24, 2.45) is 5.92 Å². The van der Waals surface area contributed by atoms with E-state index in [1.165, 1.54) is 6.42 Å². The molecule has 82 valence electrons. The summed E-state index contributed by atoms with van der Waals surface area (Å²) in [4.78, 5) is 2.35. The highest BCUT2D eigenvalue weighted by Crippen LogP contribution is 2.28. The van der Waals surface area contributed by atoms with Crippen molar-refractivity contribution in [1.82, 2.24) is 10.2 Å². The number of hydrogen-bond acceptors (Lipinski definition) is 3. The van der Waals surface area contributed by atoms with Gasteiger partial charge in [-0.1, -0.05) is 22.9 Å². The Balaban J connectivity index is 2.20. The molecule has 4 heteroatoms. The number of hydrogen-bond donors (Lipinski definition) is 0. The first-order valence-electron chi connectivity index (χ1n) is 5.35. The van der Waals surface area contributed by atoms with Crippen LogP contribution >= 0.6 is 15.9 Å². The minimum atomic E-state index is 0.557. The standard InChI is InChI=1S/C11H16BrN3/c1-8-5-6-15(10(8)7-12)11-4-3-9(2)13-14-11/h3-4,8,10H,5-7H2,1-2H3. The molecule has 2 unspecified atom stereocenters. The summed E-state index contributed by atoms with van der Waals surface area (Å²) < 4.78 is 0. The van der Waals surface area contributed by atoms with Crippen LogP contribution in [-0.4, -0.2) is 28.1 Å². The molecule has 0 spiro atoms. The molecule has 1 saturated heterocycles. The molecule has 0 aliphatic carbocycles. The lowest BCUT2D eigenvalue weighted by atomic mass is 10.1. The van der Waals surface area contributed by atoms with Gasteiger partial charge in [-0.25, -0.2) is 0 Å². The average molecular weight is 270 g/mol. The largest absolute Gasteiger partial charge is 0.351 e. The summed E-state index contributed by atoms with van der Waals surface area (Å²) in [5, 5.41) is 9.36. The number of halogens is 1. The highest BCUT2D eigenvalue weighted by atomic mass is 79.9. The van der Waals surface area contributed by atoms with Crippen molar-refractivity contribution in [3.8, 4) is 0 Å². The molecule has 1 aliphatic rings. The van der Waals surface area contributed by atoms with E-state index in [2.05, 4.69) is 44.0 Å². The average Bonchev–Trinajstić information content (AvgIpc) is 2.61. The van der Waals surface area contributed by atoms with Gasteiger partial charge in [0.25, 0.3) is 0 Å². The topological polar surface area (TPSA) is 29.0 Å². The number of rotatable bonds is 2. The molecule has 2 rings (SSSR count). The fraction of sp³-hybridized carbons (Fsp3) is 0.636. The van der Waals surface area contributed by atoms with Crippen molar-refractivity contribution in [2.75, 3.05) is 16.8 Å². The maximum Gasteiger partial charge on any atom is 0.151 e. The molecule has 0 aromatic carbocycles.